The van der Waals surface area contributed by atoms with Crippen molar-refractivity contribution < 1.29 is 9.84 Å². The zero-order valence-corrected chi connectivity index (χ0v) is 27.1. The Morgan fingerprint density at radius 3 is 2.41 bits per heavy atom. The van der Waals surface area contributed by atoms with E-state index in [1.807, 2.05) is 16.7 Å². The topological polar surface area (TPSA) is 86.1 Å². The number of anilines is 1. The van der Waals surface area contributed by atoms with Gasteiger partial charge < -0.3 is 20.1 Å². The first-order valence-electron chi connectivity index (χ1n) is 16.6. The van der Waals surface area contributed by atoms with E-state index in [1.165, 1.54) is 5.56 Å². The molecule has 4 heterocycles. The molecule has 0 radical (unpaired) electrons. The molecule has 1 unspecified atom stereocenters. The summed E-state index contributed by atoms with van der Waals surface area (Å²) >= 11 is 0. The van der Waals surface area contributed by atoms with Crippen LogP contribution in [0.5, 0.6) is 5.75 Å². The Morgan fingerprint density at radius 1 is 1.05 bits per heavy atom. The Balaban J connectivity index is 1.28. The lowest BCUT2D eigenvalue weighted by Gasteiger charge is -2.55. The van der Waals surface area contributed by atoms with Crippen LogP contribution in [-0.2, 0) is 16.8 Å². The van der Waals surface area contributed by atoms with Crippen molar-refractivity contribution in [3.63, 3.8) is 0 Å². The summed E-state index contributed by atoms with van der Waals surface area (Å²) in [7, 11) is 1.78. The van der Waals surface area contributed by atoms with E-state index < -0.39 is 0 Å². The highest BCUT2D eigenvalue weighted by Gasteiger charge is 2.47. The molecule has 44 heavy (non-hydrogen) atoms. The quantitative estimate of drug-likeness (QED) is 0.371. The second kappa shape index (κ2) is 12.8. The molecule has 3 fully saturated rings. The number of piperazine rings is 1. The lowest BCUT2D eigenvalue weighted by Crippen LogP contribution is -2.63. The number of methoxy groups -OCH3 is 1. The average molecular weight is 603 g/mol. The molecule has 3 aliphatic rings. The number of hydrogen-bond donors (Lipinski definition) is 2. The number of ether oxygens (including phenoxy) is 1. The summed E-state index contributed by atoms with van der Waals surface area (Å²) in [5, 5.41) is 14.7. The number of nitrogens with one attached hydrogen (secondary N) is 1. The summed E-state index contributed by atoms with van der Waals surface area (Å²) < 4.78 is 7.53. The van der Waals surface area contributed by atoms with Gasteiger partial charge in [0.25, 0.3) is 5.56 Å². The van der Waals surface area contributed by atoms with E-state index >= 15 is 0 Å². The van der Waals surface area contributed by atoms with Crippen LogP contribution < -0.4 is 15.8 Å². The van der Waals surface area contributed by atoms with E-state index in [1.54, 1.807) is 13.2 Å². The molecule has 238 valence electrons. The van der Waals surface area contributed by atoms with E-state index in [4.69, 9.17) is 9.72 Å². The molecule has 0 spiro atoms. The highest BCUT2D eigenvalue weighted by molar-refractivity contribution is 5.82. The molecular formula is C35H50N6O3. The minimum atomic E-state index is -0.139. The molecule has 0 aliphatic carbocycles. The fourth-order valence-corrected chi connectivity index (χ4v) is 8.01. The third-order valence-electron chi connectivity index (χ3n) is 10.3. The maximum atomic E-state index is 14.1. The van der Waals surface area contributed by atoms with Gasteiger partial charge in [0.2, 0.25) is 0 Å². The summed E-state index contributed by atoms with van der Waals surface area (Å²) in [4.78, 5) is 26.7. The van der Waals surface area contributed by atoms with Crippen LogP contribution >= 0.6 is 0 Å². The number of phenolic OH excluding ortho intramolecular Hbond substituents is 1. The Morgan fingerprint density at radius 2 is 1.77 bits per heavy atom. The summed E-state index contributed by atoms with van der Waals surface area (Å²) in [5.41, 5.74) is 2.95. The van der Waals surface area contributed by atoms with Crippen molar-refractivity contribution in [1.29, 1.82) is 0 Å². The van der Waals surface area contributed by atoms with Crippen molar-refractivity contribution >= 4 is 16.6 Å². The lowest BCUT2D eigenvalue weighted by atomic mass is 9.77. The second-order valence-corrected chi connectivity index (χ2v) is 13.3. The average Bonchev–Trinajstić information content (AvgIpc) is 2.99. The van der Waals surface area contributed by atoms with Crippen LogP contribution in [0.15, 0.2) is 47.3 Å². The van der Waals surface area contributed by atoms with Gasteiger partial charge in [-0.2, -0.15) is 0 Å². The fourth-order valence-electron chi connectivity index (χ4n) is 8.01. The molecule has 3 aromatic rings. The van der Waals surface area contributed by atoms with Crippen LogP contribution in [0.4, 0.5) is 5.69 Å². The summed E-state index contributed by atoms with van der Waals surface area (Å²) in [6, 6.07) is 15.0. The van der Waals surface area contributed by atoms with E-state index in [0.717, 1.165) is 82.0 Å². The van der Waals surface area contributed by atoms with Crippen molar-refractivity contribution in [3.8, 4) is 5.75 Å². The van der Waals surface area contributed by atoms with Crippen LogP contribution in [0, 0.1) is 0 Å². The highest BCUT2D eigenvalue weighted by atomic mass is 16.5. The van der Waals surface area contributed by atoms with Crippen molar-refractivity contribution in [3.05, 3.63) is 64.2 Å². The Hall–Kier alpha value is -2.98. The van der Waals surface area contributed by atoms with Gasteiger partial charge in [-0.15, -0.1) is 0 Å². The fraction of sp³-hybridized carbons (Fsp3) is 0.600. The van der Waals surface area contributed by atoms with Crippen LogP contribution in [0.3, 0.4) is 0 Å². The van der Waals surface area contributed by atoms with E-state index in [9.17, 15) is 9.90 Å². The summed E-state index contributed by atoms with van der Waals surface area (Å²) in [6.45, 7) is 14.8. The molecule has 0 amide bonds. The summed E-state index contributed by atoms with van der Waals surface area (Å²) in [6.07, 6.45) is 4.14. The summed E-state index contributed by atoms with van der Waals surface area (Å²) in [5.74, 6) is 1.21. The maximum absolute atomic E-state index is 14.1. The zero-order valence-electron chi connectivity index (χ0n) is 27.1. The number of likely N-dealkylation sites (tertiary alicyclic amines) is 1. The number of piperidine rings is 1. The number of rotatable bonds is 9. The van der Waals surface area contributed by atoms with Crippen molar-refractivity contribution in [2.24, 2.45) is 0 Å². The van der Waals surface area contributed by atoms with Crippen LogP contribution in [-0.4, -0.2) is 89.0 Å². The van der Waals surface area contributed by atoms with Gasteiger partial charge in [-0.05, 0) is 75.9 Å². The third kappa shape index (κ3) is 5.75. The molecular weight excluding hydrogens is 552 g/mol. The number of fused-ring (bicyclic) bond motifs is 1. The minimum Gasteiger partial charge on any atom is -0.508 e. The third-order valence-corrected chi connectivity index (χ3v) is 10.3. The molecule has 1 aromatic heterocycles. The number of benzene rings is 2. The molecule has 0 saturated carbocycles. The molecule has 0 bridgehead atoms. The standard InChI is InChI=1S/C35H50N6O3/c1-6-9-32(39-20-24(3)36-25(4)21-39)33-37-31-13-12-27(19-30(31)34(43)41(33)7-2)38-16-14-35(15-17-38,40-22-29(23-40)44-5)26-10-8-11-28(42)18-26/h8,10-13,18-19,24-25,29,32,36,42H,6-7,9,14-17,20-23H2,1-5H3/t24-,25+,32?. The van der Waals surface area contributed by atoms with Gasteiger partial charge in [-0.3, -0.25) is 19.2 Å². The Kier molecular flexibility index (Phi) is 9.02. The van der Waals surface area contributed by atoms with Gasteiger partial charge >= 0.3 is 0 Å². The molecule has 2 aromatic carbocycles. The predicted molar refractivity (Wildman–Crippen MR) is 177 cm³/mol. The van der Waals surface area contributed by atoms with Gasteiger partial charge in [-0.25, -0.2) is 4.98 Å². The van der Waals surface area contributed by atoms with Crippen LogP contribution in [0.25, 0.3) is 10.9 Å². The normalized spacial score (nSPS) is 24.0. The molecule has 3 aliphatic heterocycles. The molecule has 6 rings (SSSR count). The number of phenols is 1. The largest absolute Gasteiger partial charge is 0.508 e. The van der Waals surface area contributed by atoms with Gasteiger partial charge in [-0.1, -0.05) is 25.5 Å². The lowest BCUT2D eigenvalue weighted by molar-refractivity contribution is -0.0969. The molecule has 2 N–H and O–H groups in total. The monoisotopic (exact) mass is 602 g/mol. The molecule has 3 atom stereocenters. The van der Waals surface area contributed by atoms with E-state index in [2.05, 4.69) is 72.0 Å². The molecule has 3 saturated heterocycles. The van der Waals surface area contributed by atoms with Crippen molar-refractivity contribution in [2.75, 3.05) is 51.3 Å². The van der Waals surface area contributed by atoms with Crippen molar-refractivity contribution in [1.82, 2.24) is 24.7 Å². The number of aromatic hydroxyl groups is 1. The van der Waals surface area contributed by atoms with E-state index in [-0.39, 0.29) is 23.2 Å². The highest BCUT2D eigenvalue weighted by Crippen LogP contribution is 2.43. The van der Waals surface area contributed by atoms with Gasteiger partial charge in [0.15, 0.2) is 0 Å². The van der Waals surface area contributed by atoms with Gasteiger partial charge in [0, 0.05) is 76.2 Å². The van der Waals surface area contributed by atoms with Gasteiger partial charge in [0.1, 0.15) is 11.6 Å². The first-order valence-corrected chi connectivity index (χ1v) is 16.6. The van der Waals surface area contributed by atoms with Gasteiger partial charge in [0.05, 0.1) is 23.0 Å². The first-order chi connectivity index (χ1) is 21.3. The van der Waals surface area contributed by atoms with Crippen LogP contribution in [0.1, 0.15) is 70.8 Å². The number of nitrogens with zero attached hydrogens (tertiary/aromatic N) is 5. The van der Waals surface area contributed by atoms with E-state index in [0.29, 0.717) is 29.8 Å². The Labute approximate surface area is 261 Å². The predicted octanol–water partition coefficient (Wildman–Crippen LogP) is 4.47. The second-order valence-electron chi connectivity index (χ2n) is 13.3. The molecule has 9 nitrogen and oxygen atoms in total. The smallest absolute Gasteiger partial charge is 0.261 e. The minimum absolute atomic E-state index is 0.0592. The van der Waals surface area contributed by atoms with Crippen molar-refractivity contribution in [2.45, 2.75) is 89.7 Å². The number of aromatic nitrogens is 2. The maximum Gasteiger partial charge on any atom is 0.261 e. The Bertz CT molecular complexity index is 1500. The zero-order chi connectivity index (χ0) is 31.0. The SMILES string of the molecule is CCCC(c1nc2ccc(N3CCC(c4cccc(O)c4)(N4CC(OC)C4)CC3)cc2c(=O)n1CC)N1C[C@@H](C)N[C@@H](C)C1. The van der Waals surface area contributed by atoms with Crippen LogP contribution in [0.2, 0.25) is 0 Å². The molecule has 9 heteroatoms. The first kappa shape index (κ1) is 31.0. The number of hydrogen-bond acceptors (Lipinski definition) is 8.